The van der Waals surface area contributed by atoms with E-state index >= 15 is 0 Å². The Morgan fingerprint density at radius 3 is 2.53 bits per heavy atom. The second kappa shape index (κ2) is 6.28. The largest absolute Gasteiger partial charge is 0.387 e. The van der Waals surface area contributed by atoms with Crippen molar-refractivity contribution in [2.24, 2.45) is 0 Å². The van der Waals surface area contributed by atoms with Crippen LogP contribution in [0, 0.1) is 23.0 Å². The zero-order valence-electron chi connectivity index (χ0n) is 9.53. The average molecular weight is 240 g/mol. The number of hydrogen-bond acceptors (Lipinski definition) is 3. The van der Waals surface area contributed by atoms with Crippen molar-refractivity contribution in [3.63, 3.8) is 0 Å². The topological polar surface area (TPSA) is 47.3 Å². The Kier molecular flexibility index (Phi) is 5.01. The summed E-state index contributed by atoms with van der Waals surface area (Å²) in [6, 6.07) is 5.43. The number of nitriles is 1. The first-order valence-electron chi connectivity index (χ1n) is 5.23. The molecule has 0 aromatic heterocycles. The zero-order chi connectivity index (χ0) is 12.8. The van der Waals surface area contributed by atoms with Crippen LogP contribution in [0.4, 0.5) is 8.78 Å². The molecule has 1 N–H and O–H groups in total. The molecule has 0 spiro atoms. The van der Waals surface area contributed by atoms with E-state index in [0.717, 1.165) is 12.1 Å². The van der Waals surface area contributed by atoms with Crippen LogP contribution in [-0.4, -0.2) is 30.1 Å². The van der Waals surface area contributed by atoms with E-state index in [-0.39, 0.29) is 12.1 Å². The van der Waals surface area contributed by atoms with E-state index in [9.17, 15) is 13.9 Å². The van der Waals surface area contributed by atoms with Crippen molar-refractivity contribution < 1.29 is 13.9 Å². The molecule has 0 aliphatic rings. The molecule has 0 aliphatic carbocycles. The maximum atomic E-state index is 13.3. The molecule has 0 amide bonds. The van der Waals surface area contributed by atoms with E-state index in [1.54, 1.807) is 11.9 Å². The minimum atomic E-state index is -1.24. The number of benzene rings is 1. The van der Waals surface area contributed by atoms with Gasteiger partial charge in [0.15, 0.2) is 0 Å². The van der Waals surface area contributed by atoms with Crippen molar-refractivity contribution in [3.8, 4) is 6.07 Å². The van der Waals surface area contributed by atoms with Gasteiger partial charge >= 0.3 is 0 Å². The highest BCUT2D eigenvalue weighted by atomic mass is 19.1. The summed E-state index contributed by atoms with van der Waals surface area (Å²) in [5, 5.41) is 18.1. The van der Waals surface area contributed by atoms with Gasteiger partial charge in [-0.2, -0.15) is 5.26 Å². The lowest BCUT2D eigenvalue weighted by molar-refractivity contribution is 0.120. The van der Waals surface area contributed by atoms with Gasteiger partial charge in [-0.3, -0.25) is 0 Å². The number of aliphatic hydroxyl groups excluding tert-OH is 1. The molecule has 0 saturated heterocycles. The Morgan fingerprint density at radius 1 is 1.41 bits per heavy atom. The van der Waals surface area contributed by atoms with Crippen LogP contribution in [0.25, 0.3) is 0 Å². The van der Waals surface area contributed by atoms with Gasteiger partial charge in [-0.05, 0) is 19.2 Å². The molecule has 0 radical (unpaired) electrons. The number of nitrogens with zero attached hydrogens (tertiary/aromatic N) is 2. The lowest BCUT2D eigenvalue weighted by Crippen LogP contribution is -2.26. The van der Waals surface area contributed by atoms with E-state index in [2.05, 4.69) is 0 Å². The van der Waals surface area contributed by atoms with Gasteiger partial charge in [-0.15, -0.1) is 0 Å². The minimum absolute atomic E-state index is 0.0829. The van der Waals surface area contributed by atoms with Crippen molar-refractivity contribution in [1.29, 1.82) is 5.26 Å². The smallest absolute Gasteiger partial charge is 0.131 e. The molecule has 0 aliphatic heterocycles. The summed E-state index contributed by atoms with van der Waals surface area (Å²) in [6.45, 7) is 0.531. The van der Waals surface area contributed by atoms with Gasteiger partial charge in [-0.1, -0.05) is 6.07 Å². The van der Waals surface area contributed by atoms with Gasteiger partial charge in [0.1, 0.15) is 11.6 Å². The van der Waals surface area contributed by atoms with Crippen molar-refractivity contribution in [2.45, 2.75) is 12.5 Å². The maximum Gasteiger partial charge on any atom is 0.131 e. The normalized spacial score (nSPS) is 12.5. The van der Waals surface area contributed by atoms with Crippen LogP contribution >= 0.6 is 0 Å². The summed E-state index contributed by atoms with van der Waals surface area (Å²) in [6.07, 6.45) is -0.928. The van der Waals surface area contributed by atoms with Gasteiger partial charge in [0, 0.05) is 19.5 Å². The molecule has 1 aromatic carbocycles. The van der Waals surface area contributed by atoms with Crippen molar-refractivity contribution in [2.75, 3.05) is 20.1 Å². The van der Waals surface area contributed by atoms with E-state index in [0.29, 0.717) is 13.0 Å². The first-order valence-corrected chi connectivity index (χ1v) is 5.23. The summed E-state index contributed by atoms with van der Waals surface area (Å²) in [4.78, 5) is 1.65. The molecule has 1 unspecified atom stereocenters. The number of likely N-dealkylation sites (N-methyl/N-ethyl adjacent to an activating group) is 1. The summed E-state index contributed by atoms with van der Waals surface area (Å²) >= 11 is 0. The quantitative estimate of drug-likeness (QED) is 0.854. The van der Waals surface area contributed by atoms with Crippen LogP contribution in [-0.2, 0) is 0 Å². The van der Waals surface area contributed by atoms with Crippen LogP contribution in [0.5, 0.6) is 0 Å². The third-order valence-electron chi connectivity index (χ3n) is 2.42. The van der Waals surface area contributed by atoms with Gasteiger partial charge in [0.25, 0.3) is 0 Å². The third kappa shape index (κ3) is 3.77. The fourth-order valence-corrected chi connectivity index (χ4v) is 1.55. The lowest BCUT2D eigenvalue weighted by Gasteiger charge is -2.20. The molecule has 17 heavy (non-hydrogen) atoms. The Hall–Kier alpha value is -1.51. The van der Waals surface area contributed by atoms with Gasteiger partial charge in [0.05, 0.1) is 17.7 Å². The SMILES string of the molecule is CN(CCC#N)CC(O)c1c(F)cccc1F. The Labute approximate surface area is 98.9 Å². The number of halogens is 2. The molecule has 0 fully saturated rings. The number of hydrogen-bond donors (Lipinski definition) is 1. The fraction of sp³-hybridized carbons (Fsp3) is 0.417. The second-order valence-electron chi connectivity index (χ2n) is 3.82. The first kappa shape index (κ1) is 13.6. The van der Waals surface area contributed by atoms with E-state index in [4.69, 9.17) is 5.26 Å². The van der Waals surface area contributed by atoms with Crippen molar-refractivity contribution in [1.82, 2.24) is 4.90 Å². The molecule has 0 saturated carbocycles. The monoisotopic (exact) mass is 240 g/mol. The molecule has 5 heteroatoms. The summed E-state index contributed by atoms with van der Waals surface area (Å²) in [5.74, 6) is -1.52. The molecule has 0 heterocycles. The standard InChI is InChI=1S/C12H14F2N2O/c1-16(7-3-6-15)8-11(17)12-9(13)4-2-5-10(12)14/h2,4-5,11,17H,3,7-8H2,1H3. The van der Waals surface area contributed by atoms with Crippen LogP contribution in [0.2, 0.25) is 0 Å². The highest BCUT2D eigenvalue weighted by molar-refractivity contribution is 5.22. The van der Waals surface area contributed by atoms with E-state index in [1.807, 2.05) is 6.07 Å². The first-order chi connectivity index (χ1) is 8.06. The summed E-state index contributed by atoms with van der Waals surface area (Å²) in [7, 11) is 1.68. The fourth-order valence-electron chi connectivity index (χ4n) is 1.55. The Morgan fingerprint density at radius 2 is 2.00 bits per heavy atom. The molecule has 0 bridgehead atoms. The van der Waals surface area contributed by atoms with Gasteiger partial charge < -0.3 is 10.0 Å². The highest BCUT2D eigenvalue weighted by Crippen LogP contribution is 2.21. The molecular formula is C12H14F2N2O. The lowest BCUT2D eigenvalue weighted by atomic mass is 10.1. The zero-order valence-corrected chi connectivity index (χ0v) is 9.53. The average Bonchev–Trinajstić information content (AvgIpc) is 2.26. The summed E-state index contributed by atoms with van der Waals surface area (Å²) in [5.41, 5.74) is -0.323. The number of rotatable bonds is 5. The second-order valence-corrected chi connectivity index (χ2v) is 3.82. The predicted octanol–water partition coefficient (Wildman–Crippen LogP) is 1.84. The van der Waals surface area contributed by atoms with Crippen LogP contribution < -0.4 is 0 Å². The van der Waals surface area contributed by atoms with Gasteiger partial charge in [0.2, 0.25) is 0 Å². The molecule has 3 nitrogen and oxygen atoms in total. The molecule has 1 rings (SSSR count). The molecule has 1 atom stereocenters. The highest BCUT2D eigenvalue weighted by Gasteiger charge is 2.18. The maximum absolute atomic E-state index is 13.3. The Balaban J connectivity index is 2.70. The Bertz CT molecular complexity index is 397. The van der Waals surface area contributed by atoms with E-state index in [1.165, 1.54) is 6.07 Å². The van der Waals surface area contributed by atoms with Crippen LogP contribution in [0.1, 0.15) is 18.1 Å². The van der Waals surface area contributed by atoms with Gasteiger partial charge in [-0.25, -0.2) is 8.78 Å². The number of aliphatic hydroxyl groups is 1. The third-order valence-corrected chi connectivity index (χ3v) is 2.42. The summed E-state index contributed by atoms with van der Waals surface area (Å²) < 4.78 is 26.7. The van der Waals surface area contributed by atoms with E-state index < -0.39 is 17.7 Å². The van der Waals surface area contributed by atoms with Crippen LogP contribution in [0.15, 0.2) is 18.2 Å². The molecule has 92 valence electrons. The molecule has 1 aromatic rings. The van der Waals surface area contributed by atoms with Crippen molar-refractivity contribution >= 4 is 0 Å². The van der Waals surface area contributed by atoms with Crippen molar-refractivity contribution in [3.05, 3.63) is 35.4 Å². The minimum Gasteiger partial charge on any atom is -0.387 e. The molecular weight excluding hydrogens is 226 g/mol. The predicted molar refractivity (Wildman–Crippen MR) is 59.0 cm³/mol. The van der Waals surface area contributed by atoms with Crippen LogP contribution in [0.3, 0.4) is 0 Å².